The van der Waals surface area contributed by atoms with Crippen LogP contribution in [-0.4, -0.2) is 15.1 Å². The normalized spacial score (nSPS) is 10.6. The number of nitrogens with zero attached hydrogens (tertiary/aromatic N) is 3. The smallest absolute Gasteiger partial charge is 0.277 e. The molecule has 2 heterocycles. The fourth-order valence-electron chi connectivity index (χ4n) is 1.78. The summed E-state index contributed by atoms with van der Waals surface area (Å²) in [4.78, 5) is 8.61. The number of rotatable bonds is 2. The number of pyridine rings is 1. The van der Waals surface area contributed by atoms with Crippen LogP contribution in [0.25, 0.3) is 23.0 Å². The molecular weight excluding hydrogens is 240 g/mol. The lowest BCUT2D eigenvalue weighted by Crippen LogP contribution is -1.88. The van der Waals surface area contributed by atoms with Crippen molar-refractivity contribution >= 4 is 5.69 Å². The van der Waals surface area contributed by atoms with Crippen molar-refractivity contribution in [1.82, 2.24) is 15.1 Å². The first kappa shape index (κ1) is 11.4. The van der Waals surface area contributed by atoms with E-state index in [1.54, 1.807) is 18.3 Å². The molecule has 5 heteroatoms. The Morgan fingerprint density at radius 3 is 2.63 bits per heavy atom. The summed E-state index contributed by atoms with van der Waals surface area (Å²) < 4.78 is 5.26. The van der Waals surface area contributed by atoms with E-state index < -0.39 is 0 Å². The Balaban J connectivity index is 2.00. The molecule has 0 spiro atoms. The van der Waals surface area contributed by atoms with Crippen LogP contribution >= 0.6 is 0 Å². The Morgan fingerprint density at radius 2 is 1.89 bits per heavy atom. The predicted molar refractivity (Wildman–Crippen MR) is 72.1 cm³/mol. The van der Waals surface area contributed by atoms with Crippen LogP contribution in [0.2, 0.25) is 0 Å². The first-order chi connectivity index (χ1) is 9.24. The summed E-state index contributed by atoms with van der Waals surface area (Å²) in [6.45, 7) is 1.95. The summed E-state index contributed by atoms with van der Waals surface area (Å²) in [5.41, 5.74) is 8.91. The van der Waals surface area contributed by atoms with Gasteiger partial charge in [0.1, 0.15) is 5.69 Å². The highest BCUT2D eigenvalue weighted by molar-refractivity contribution is 5.61. The monoisotopic (exact) mass is 252 g/mol. The molecule has 2 N–H and O–H groups in total. The molecule has 3 rings (SSSR count). The molecule has 5 nitrogen and oxygen atoms in total. The largest absolute Gasteiger partial charge is 0.399 e. The summed E-state index contributed by atoms with van der Waals surface area (Å²) >= 11 is 0. The molecular formula is C14H12N4O. The van der Waals surface area contributed by atoms with E-state index in [2.05, 4.69) is 15.1 Å². The third kappa shape index (κ3) is 2.18. The number of nitrogens with two attached hydrogens (primary N) is 1. The van der Waals surface area contributed by atoms with E-state index in [1.807, 2.05) is 31.2 Å². The molecule has 0 aliphatic carbocycles. The Kier molecular flexibility index (Phi) is 2.72. The van der Waals surface area contributed by atoms with Crippen molar-refractivity contribution in [3.8, 4) is 23.0 Å². The molecule has 19 heavy (non-hydrogen) atoms. The standard InChI is InChI=1S/C14H12N4O/c1-9-3-2-8-16-12(9)14-17-13(18-19-14)10-4-6-11(15)7-5-10/h2-8H,15H2,1H3. The van der Waals surface area contributed by atoms with E-state index >= 15 is 0 Å². The molecule has 2 aromatic heterocycles. The number of nitrogen functional groups attached to an aromatic ring is 1. The highest BCUT2D eigenvalue weighted by atomic mass is 16.5. The second kappa shape index (κ2) is 4.53. The first-order valence-corrected chi connectivity index (χ1v) is 5.85. The fraction of sp³-hybridized carbons (Fsp3) is 0.0714. The molecule has 0 unspecified atom stereocenters. The van der Waals surface area contributed by atoms with Crippen molar-refractivity contribution in [1.29, 1.82) is 0 Å². The summed E-state index contributed by atoms with van der Waals surface area (Å²) in [5, 5.41) is 3.97. The highest BCUT2D eigenvalue weighted by Crippen LogP contribution is 2.23. The number of aromatic nitrogens is 3. The average molecular weight is 252 g/mol. The van der Waals surface area contributed by atoms with Crippen molar-refractivity contribution in [3.05, 3.63) is 48.2 Å². The van der Waals surface area contributed by atoms with Crippen molar-refractivity contribution in [3.63, 3.8) is 0 Å². The van der Waals surface area contributed by atoms with Gasteiger partial charge in [-0.3, -0.25) is 4.98 Å². The lowest BCUT2D eigenvalue weighted by Gasteiger charge is -1.97. The molecule has 94 valence electrons. The van der Waals surface area contributed by atoms with Crippen LogP contribution in [0.3, 0.4) is 0 Å². The Labute approximate surface area is 110 Å². The maximum Gasteiger partial charge on any atom is 0.277 e. The van der Waals surface area contributed by atoms with Gasteiger partial charge in [-0.25, -0.2) is 0 Å². The molecule has 0 saturated heterocycles. The van der Waals surface area contributed by atoms with Crippen molar-refractivity contribution in [2.24, 2.45) is 0 Å². The lowest BCUT2D eigenvalue weighted by molar-refractivity contribution is 0.430. The highest BCUT2D eigenvalue weighted by Gasteiger charge is 2.13. The van der Waals surface area contributed by atoms with Crippen LogP contribution in [0.4, 0.5) is 5.69 Å². The van der Waals surface area contributed by atoms with Crippen molar-refractivity contribution < 1.29 is 4.52 Å². The fourth-order valence-corrected chi connectivity index (χ4v) is 1.78. The van der Waals surface area contributed by atoms with Gasteiger partial charge in [-0.15, -0.1) is 0 Å². The molecule has 0 fully saturated rings. The van der Waals surface area contributed by atoms with Crippen LogP contribution in [0.15, 0.2) is 47.1 Å². The second-order valence-electron chi connectivity index (χ2n) is 4.21. The van der Waals surface area contributed by atoms with Gasteiger partial charge in [-0.05, 0) is 42.8 Å². The number of anilines is 1. The summed E-state index contributed by atoms with van der Waals surface area (Å²) in [6.07, 6.45) is 1.70. The zero-order valence-corrected chi connectivity index (χ0v) is 10.4. The third-order valence-electron chi connectivity index (χ3n) is 2.81. The molecule has 0 amide bonds. The molecule has 0 aliphatic rings. The SMILES string of the molecule is Cc1cccnc1-c1nc(-c2ccc(N)cc2)no1. The minimum atomic E-state index is 0.421. The Morgan fingerprint density at radius 1 is 1.11 bits per heavy atom. The number of benzene rings is 1. The third-order valence-corrected chi connectivity index (χ3v) is 2.81. The van der Waals surface area contributed by atoms with E-state index in [0.717, 1.165) is 11.1 Å². The Bertz CT molecular complexity index is 703. The van der Waals surface area contributed by atoms with Crippen LogP contribution in [0.1, 0.15) is 5.56 Å². The van der Waals surface area contributed by atoms with Crippen LogP contribution in [0, 0.1) is 6.92 Å². The lowest BCUT2D eigenvalue weighted by atomic mass is 10.2. The van der Waals surface area contributed by atoms with Gasteiger partial charge < -0.3 is 10.3 Å². The van der Waals surface area contributed by atoms with Crippen LogP contribution in [0.5, 0.6) is 0 Å². The van der Waals surface area contributed by atoms with E-state index in [1.165, 1.54) is 0 Å². The van der Waals surface area contributed by atoms with E-state index in [-0.39, 0.29) is 0 Å². The number of hydrogen-bond donors (Lipinski definition) is 1. The van der Waals surface area contributed by atoms with Gasteiger partial charge in [-0.2, -0.15) is 4.98 Å². The molecule has 0 saturated carbocycles. The minimum absolute atomic E-state index is 0.421. The quantitative estimate of drug-likeness (QED) is 0.709. The minimum Gasteiger partial charge on any atom is -0.399 e. The van der Waals surface area contributed by atoms with Gasteiger partial charge in [0.15, 0.2) is 0 Å². The number of hydrogen-bond acceptors (Lipinski definition) is 5. The maximum absolute atomic E-state index is 5.65. The van der Waals surface area contributed by atoms with E-state index in [0.29, 0.717) is 23.1 Å². The first-order valence-electron chi connectivity index (χ1n) is 5.85. The summed E-state index contributed by atoms with van der Waals surface area (Å²) in [6, 6.07) is 11.1. The van der Waals surface area contributed by atoms with Crippen LogP contribution < -0.4 is 5.73 Å². The van der Waals surface area contributed by atoms with Crippen LogP contribution in [-0.2, 0) is 0 Å². The Hall–Kier alpha value is -2.69. The van der Waals surface area contributed by atoms with Gasteiger partial charge in [0.2, 0.25) is 5.82 Å². The topological polar surface area (TPSA) is 77.8 Å². The molecule has 0 atom stereocenters. The molecule has 0 bridgehead atoms. The van der Waals surface area contributed by atoms with E-state index in [9.17, 15) is 0 Å². The predicted octanol–water partition coefficient (Wildman–Crippen LogP) is 2.69. The molecule has 0 radical (unpaired) electrons. The van der Waals surface area contributed by atoms with Crippen molar-refractivity contribution in [2.45, 2.75) is 6.92 Å². The second-order valence-corrected chi connectivity index (χ2v) is 4.21. The van der Waals surface area contributed by atoms with Gasteiger partial charge in [0.05, 0.1) is 0 Å². The van der Waals surface area contributed by atoms with Gasteiger partial charge in [0.25, 0.3) is 5.89 Å². The van der Waals surface area contributed by atoms with Crippen molar-refractivity contribution in [2.75, 3.05) is 5.73 Å². The molecule has 0 aliphatic heterocycles. The molecule has 1 aromatic carbocycles. The zero-order valence-electron chi connectivity index (χ0n) is 10.4. The van der Waals surface area contributed by atoms with E-state index in [4.69, 9.17) is 10.3 Å². The number of aryl methyl sites for hydroxylation is 1. The zero-order chi connectivity index (χ0) is 13.2. The summed E-state index contributed by atoms with van der Waals surface area (Å²) in [7, 11) is 0. The van der Waals surface area contributed by atoms with Gasteiger partial charge >= 0.3 is 0 Å². The summed E-state index contributed by atoms with van der Waals surface area (Å²) in [5.74, 6) is 0.949. The molecule has 3 aromatic rings. The average Bonchev–Trinajstić information content (AvgIpc) is 2.89. The van der Waals surface area contributed by atoms with Gasteiger partial charge in [-0.1, -0.05) is 11.2 Å². The maximum atomic E-state index is 5.65. The van der Waals surface area contributed by atoms with Gasteiger partial charge in [0, 0.05) is 17.4 Å².